The fraction of sp³-hybridized carbons (Fsp3) is 0.833. The van der Waals surface area contributed by atoms with Gasteiger partial charge in [0.15, 0.2) is 0 Å². The van der Waals surface area contributed by atoms with E-state index in [-0.39, 0.29) is 5.16 Å². The molecule has 2 rings (SSSR count). The number of sulfone groups is 1. The Labute approximate surface area is 158 Å². The minimum Gasteiger partial charge on any atom is -0.385 e. The molecule has 1 aromatic heterocycles. The summed E-state index contributed by atoms with van der Waals surface area (Å²) in [6, 6.07) is 0. The molecule has 1 aromatic rings. The number of hydrogen-bond donors (Lipinski definition) is 0. The summed E-state index contributed by atoms with van der Waals surface area (Å²) in [7, 11) is 0.410. The fourth-order valence-electron chi connectivity index (χ4n) is 3.52. The van der Waals surface area contributed by atoms with E-state index in [0.29, 0.717) is 19.7 Å². The molecular weight excluding hydrogens is 352 g/mol. The molecule has 0 aromatic carbocycles. The third kappa shape index (κ3) is 6.64. The van der Waals surface area contributed by atoms with Crippen molar-refractivity contribution in [2.75, 3.05) is 53.2 Å². The number of likely N-dealkylation sites (tertiary alicyclic amines) is 1. The predicted molar refractivity (Wildman–Crippen MR) is 103 cm³/mol. The Kier molecular flexibility index (Phi) is 8.53. The minimum atomic E-state index is -3.33. The molecule has 150 valence electrons. The summed E-state index contributed by atoms with van der Waals surface area (Å²) in [5.74, 6) is 0. The summed E-state index contributed by atoms with van der Waals surface area (Å²) in [5, 5.41) is 0.158. The van der Waals surface area contributed by atoms with Crippen LogP contribution in [0.15, 0.2) is 11.4 Å². The van der Waals surface area contributed by atoms with Crippen molar-refractivity contribution >= 4 is 9.84 Å². The molecule has 0 spiro atoms. The van der Waals surface area contributed by atoms with Crippen LogP contribution in [0.25, 0.3) is 0 Å². The lowest BCUT2D eigenvalue weighted by atomic mass is 10.1. The lowest BCUT2D eigenvalue weighted by molar-refractivity contribution is 0.188. The number of methoxy groups -OCH3 is 1. The Morgan fingerprint density at radius 3 is 2.58 bits per heavy atom. The zero-order chi connectivity index (χ0) is 19.0. The first kappa shape index (κ1) is 21.3. The Balaban J connectivity index is 1.90. The van der Waals surface area contributed by atoms with E-state index in [4.69, 9.17) is 4.74 Å². The van der Waals surface area contributed by atoms with Crippen molar-refractivity contribution in [2.24, 2.45) is 0 Å². The number of imidazole rings is 1. The van der Waals surface area contributed by atoms with Gasteiger partial charge in [0.2, 0.25) is 15.0 Å². The van der Waals surface area contributed by atoms with E-state index in [1.165, 1.54) is 38.6 Å². The summed E-state index contributed by atoms with van der Waals surface area (Å²) in [6.07, 6.45) is 8.83. The highest BCUT2D eigenvalue weighted by molar-refractivity contribution is 7.90. The number of piperidine rings is 1. The Morgan fingerprint density at radius 2 is 1.92 bits per heavy atom. The van der Waals surface area contributed by atoms with E-state index in [0.717, 1.165) is 31.6 Å². The number of rotatable bonds is 11. The smallest absolute Gasteiger partial charge is 0.227 e. The molecule has 0 aliphatic carbocycles. The minimum absolute atomic E-state index is 0.158. The molecule has 26 heavy (non-hydrogen) atoms. The molecule has 0 amide bonds. The highest BCUT2D eigenvalue weighted by atomic mass is 32.2. The first-order chi connectivity index (χ1) is 12.4. The van der Waals surface area contributed by atoms with Crippen molar-refractivity contribution < 1.29 is 13.2 Å². The molecule has 1 aliphatic heterocycles. The fourth-order valence-corrected chi connectivity index (χ4v) is 4.38. The van der Waals surface area contributed by atoms with Crippen LogP contribution in [0, 0.1) is 0 Å². The van der Waals surface area contributed by atoms with Gasteiger partial charge in [-0.25, -0.2) is 13.4 Å². The van der Waals surface area contributed by atoms with Crippen molar-refractivity contribution in [3.63, 3.8) is 0 Å². The van der Waals surface area contributed by atoms with Crippen LogP contribution in [0.3, 0.4) is 0 Å². The summed E-state index contributed by atoms with van der Waals surface area (Å²) < 4.78 is 30.9. The third-order valence-electron chi connectivity index (χ3n) is 4.86. The van der Waals surface area contributed by atoms with Crippen molar-refractivity contribution in [3.8, 4) is 0 Å². The predicted octanol–water partition coefficient (Wildman–Crippen LogP) is 1.63. The molecule has 0 N–H and O–H groups in total. The van der Waals surface area contributed by atoms with Crippen LogP contribution in [-0.4, -0.2) is 81.0 Å². The summed E-state index contributed by atoms with van der Waals surface area (Å²) >= 11 is 0. The molecule has 0 bridgehead atoms. The highest BCUT2D eigenvalue weighted by Crippen LogP contribution is 2.15. The molecule has 1 saturated heterocycles. The van der Waals surface area contributed by atoms with Crippen LogP contribution in [0.4, 0.5) is 0 Å². The Hall–Kier alpha value is -0.960. The second kappa shape index (κ2) is 10.4. The molecular formula is C18H34N4O3S. The van der Waals surface area contributed by atoms with E-state index in [2.05, 4.69) is 21.8 Å². The van der Waals surface area contributed by atoms with E-state index in [1.54, 1.807) is 13.3 Å². The lowest BCUT2D eigenvalue weighted by Crippen LogP contribution is -2.32. The summed E-state index contributed by atoms with van der Waals surface area (Å²) in [6.45, 7) is 6.51. The van der Waals surface area contributed by atoms with Gasteiger partial charge in [0, 0.05) is 33.1 Å². The van der Waals surface area contributed by atoms with Crippen LogP contribution in [0.2, 0.25) is 0 Å². The van der Waals surface area contributed by atoms with E-state index >= 15 is 0 Å². The SMILES string of the molecule is COCCCn1c(CN(C)CCCN2CCCCC2)cnc1S(C)(=O)=O. The van der Waals surface area contributed by atoms with Gasteiger partial charge >= 0.3 is 0 Å². The van der Waals surface area contributed by atoms with Gasteiger partial charge < -0.3 is 19.1 Å². The van der Waals surface area contributed by atoms with Crippen LogP contribution in [-0.2, 0) is 27.7 Å². The first-order valence-corrected chi connectivity index (χ1v) is 11.4. The quantitative estimate of drug-likeness (QED) is 0.539. The largest absolute Gasteiger partial charge is 0.385 e. The Morgan fingerprint density at radius 1 is 1.19 bits per heavy atom. The van der Waals surface area contributed by atoms with Crippen molar-refractivity contribution in [2.45, 2.75) is 50.4 Å². The van der Waals surface area contributed by atoms with E-state index < -0.39 is 9.84 Å². The topological polar surface area (TPSA) is 67.7 Å². The van der Waals surface area contributed by atoms with Gasteiger partial charge in [-0.3, -0.25) is 0 Å². The van der Waals surface area contributed by atoms with Crippen molar-refractivity contribution in [1.82, 2.24) is 19.4 Å². The number of nitrogens with zero attached hydrogens (tertiary/aromatic N) is 4. The average molecular weight is 387 g/mol. The summed E-state index contributed by atoms with van der Waals surface area (Å²) in [5.41, 5.74) is 0.946. The van der Waals surface area contributed by atoms with Gasteiger partial charge in [-0.1, -0.05) is 6.42 Å². The van der Waals surface area contributed by atoms with Crippen LogP contribution in [0.1, 0.15) is 37.8 Å². The molecule has 0 saturated carbocycles. The second-order valence-corrected chi connectivity index (χ2v) is 9.21. The second-order valence-electron chi connectivity index (χ2n) is 7.30. The lowest BCUT2D eigenvalue weighted by Gasteiger charge is -2.27. The molecule has 1 aliphatic rings. The molecule has 7 nitrogen and oxygen atoms in total. The maximum atomic E-state index is 12.0. The van der Waals surface area contributed by atoms with Gasteiger partial charge in [-0.15, -0.1) is 0 Å². The third-order valence-corrected chi connectivity index (χ3v) is 5.85. The normalized spacial score (nSPS) is 16.5. The first-order valence-electron chi connectivity index (χ1n) is 9.56. The van der Waals surface area contributed by atoms with Crippen molar-refractivity contribution in [3.05, 3.63) is 11.9 Å². The van der Waals surface area contributed by atoms with Crippen molar-refractivity contribution in [1.29, 1.82) is 0 Å². The van der Waals surface area contributed by atoms with Gasteiger partial charge in [0.1, 0.15) is 0 Å². The average Bonchev–Trinajstić information content (AvgIpc) is 2.99. The maximum absolute atomic E-state index is 12.0. The van der Waals surface area contributed by atoms with E-state index in [1.807, 2.05) is 4.57 Å². The number of ether oxygens (including phenoxy) is 1. The molecule has 0 unspecified atom stereocenters. The molecule has 8 heteroatoms. The molecule has 1 fully saturated rings. The molecule has 0 atom stereocenters. The zero-order valence-electron chi connectivity index (χ0n) is 16.5. The van der Waals surface area contributed by atoms with Crippen LogP contribution >= 0.6 is 0 Å². The molecule has 0 radical (unpaired) electrons. The number of aromatic nitrogens is 2. The highest BCUT2D eigenvalue weighted by Gasteiger charge is 2.19. The maximum Gasteiger partial charge on any atom is 0.227 e. The zero-order valence-corrected chi connectivity index (χ0v) is 17.3. The van der Waals surface area contributed by atoms with Gasteiger partial charge in [-0.2, -0.15) is 0 Å². The van der Waals surface area contributed by atoms with Gasteiger partial charge in [0.05, 0.1) is 11.9 Å². The van der Waals surface area contributed by atoms with E-state index in [9.17, 15) is 8.42 Å². The van der Waals surface area contributed by atoms with Gasteiger partial charge in [-0.05, 0) is 58.9 Å². The van der Waals surface area contributed by atoms with Gasteiger partial charge in [0.25, 0.3) is 0 Å². The molecule has 2 heterocycles. The number of hydrogen-bond acceptors (Lipinski definition) is 6. The Bertz CT molecular complexity index is 639. The van der Waals surface area contributed by atoms with Crippen LogP contribution in [0.5, 0.6) is 0 Å². The monoisotopic (exact) mass is 386 g/mol. The summed E-state index contributed by atoms with van der Waals surface area (Å²) in [4.78, 5) is 8.97. The van der Waals surface area contributed by atoms with Crippen LogP contribution < -0.4 is 0 Å². The standard InChI is InChI=1S/C18H34N4O3S/c1-20(9-7-12-21-10-5-4-6-11-21)16-17-15-19-18(26(3,23)24)22(17)13-8-14-25-2/h15H,4-14,16H2,1-3H3.